The number of aliphatic hydroxyl groups is 1. The molecule has 3 rings (SSSR count). The fourth-order valence-corrected chi connectivity index (χ4v) is 3.01. The average molecular weight is 539 g/mol. The summed E-state index contributed by atoms with van der Waals surface area (Å²) < 4.78 is 28.8. The molecule has 0 radical (unpaired) electrons. The standard InChI is InChI=1S/C17H14BrF2IN2O3/c18-11-6-10(16(25)23-26-17(8-24)3-4-17)15(7-12(11)19)22-14-2-1-9(21)5-13(14)20/h1-2,5-7,22,24H,3-4,8H2,(H,23,25). The van der Waals surface area contributed by atoms with E-state index in [1.165, 1.54) is 18.2 Å². The van der Waals surface area contributed by atoms with Crippen LogP contribution in [0, 0.1) is 15.2 Å². The molecule has 0 saturated heterocycles. The molecule has 0 aromatic heterocycles. The highest BCUT2D eigenvalue weighted by Crippen LogP contribution is 2.38. The lowest BCUT2D eigenvalue weighted by Crippen LogP contribution is -2.33. The van der Waals surface area contributed by atoms with Gasteiger partial charge >= 0.3 is 0 Å². The summed E-state index contributed by atoms with van der Waals surface area (Å²) >= 11 is 5.01. The number of hydrogen-bond donors (Lipinski definition) is 3. The van der Waals surface area contributed by atoms with Crippen molar-refractivity contribution in [2.75, 3.05) is 11.9 Å². The van der Waals surface area contributed by atoms with E-state index in [2.05, 4.69) is 26.7 Å². The topological polar surface area (TPSA) is 70.6 Å². The SMILES string of the molecule is O=C(NOC1(CO)CC1)c1cc(Br)c(F)cc1Nc1ccc(I)cc1F. The van der Waals surface area contributed by atoms with E-state index in [-0.39, 0.29) is 28.0 Å². The molecular weight excluding hydrogens is 525 g/mol. The number of benzene rings is 2. The molecule has 0 heterocycles. The Kier molecular flexibility index (Phi) is 5.80. The van der Waals surface area contributed by atoms with Gasteiger partial charge in [-0.25, -0.2) is 14.3 Å². The zero-order chi connectivity index (χ0) is 18.9. The maximum absolute atomic E-state index is 14.1. The molecule has 0 spiro atoms. The number of carbonyl (C=O) groups excluding carboxylic acids is 1. The van der Waals surface area contributed by atoms with E-state index in [1.54, 1.807) is 6.07 Å². The summed E-state index contributed by atoms with van der Waals surface area (Å²) in [6.45, 7) is -0.209. The molecule has 5 nitrogen and oxygen atoms in total. The van der Waals surface area contributed by atoms with E-state index >= 15 is 0 Å². The van der Waals surface area contributed by atoms with Crippen molar-refractivity contribution in [2.45, 2.75) is 18.4 Å². The fraction of sp³-hybridized carbons (Fsp3) is 0.235. The van der Waals surface area contributed by atoms with Crippen LogP contribution in [0.25, 0.3) is 0 Å². The number of hydrogen-bond acceptors (Lipinski definition) is 4. The first-order chi connectivity index (χ1) is 12.3. The van der Waals surface area contributed by atoms with Crippen LogP contribution in [0.3, 0.4) is 0 Å². The summed E-state index contributed by atoms with van der Waals surface area (Å²) in [6, 6.07) is 6.87. The zero-order valence-electron chi connectivity index (χ0n) is 13.3. The molecular formula is C17H14BrF2IN2O3. The quantitative estimate of drug-likeness (QED) is 0.380. The van der Waals surface area contributed by atoms with Gasteiger partial charge in [-0.05, 0) is 81.7 Å². The number of rotatable bonds is 6. The van der Waals surface area contributed by atoms with E-state index in [1.807, 2.05) is 22.6 Å². The molecule has 1 aliphatic carbocycles. The molecule has 1 saturated carbocycles. The molecule has 26 heavy (non-hydrogen) atoms. The number of hydroxylamine groups is 1. The first-order valence-corrected chi connectivity index (χ1v) is 9.51. The number of carbonyl (C=O) groups is 1. The summed E-state index contributed by atoms with van der Waals surface area (Å²) in [5.41, 5.74) is 1.78. The van der Waals surface area contributed by atoms with Gasteiger partial charge < -0.3 is 10.4 Å². The zero-order valence-corrected chi connectivity index (χ0v) is 17.0. The van der Waals surface area contributed by atoms with Crippen molar-refractivity contribution in [1.82, 2.24) is 5.48 Å². The van der Waals surface area contributed by atoms with Gasteiger partial charge in [0.2, 0.25) is 0 Å². The van der Waals surface area contributed by atoms with Crippen LogP contribution < -0.4 is 10.8 Å². The third-order valence-corrected chi connectivity index (χ3v) is 5.24. The molecule has 0 bridgehead atoms. The summed E-state index contributed by atoms with van der Waals surface area (Å²) in [5, 5.41) is 12.0. The predicted molar refractivity (Wildman–Crippen MR) is 104 cm³/mol. The molecule has 1 aliphatic rings. The Morgan fingerprint density at radius 2 is 1.96 bits per heavy atom. The lowest BCUT2D eigenvalue weighted by molar-refractivity contribution is -0.0566. The lowest BCUT2D eigenvalue weighted by Gasteiger charge is -2.16. The van der Waals surface area contributed by atoms with E-state index in [0.29, 0.717) is 16.4 Å². The molecule has 9 heteroatoms. The van der Waals surface area contributed by atoms with Crippen LogP contribution in [0.15, 0.2) is 34.8 Å². The van der Waals surface area contributed by atoms with Crippen LogP contribution in [0.1, 0.15) is 23.2 Å². The fourth-order valence-electron chi connectivity index (χ4n) is 2.22. The number of amides is 1. The molecule has 3 N–H and O–H groups in total. The maximum Gasteiger partial charge on any atom is 0.277 e. The van der Waals surface area contributed by atoms with Gasteiger partial charge in [0.15, 0.2) is 0 Å². The Labute approximate surface area is 170 Å². The van der Waals surface area contributed by atoms with Gasteiger partial charge in [0.1, 0.15) is 17.2 Å². The highest BCUT2D eigenvalue weighted by Gasteiger charge is 2.45. The predicted octanol–water partition coefficient (Wildman–Crippen LogP) is 4.26. The van der Waals surface area contributed by atoms with Gasteiger partial charge in [-0.1, -0.05) is 0 Å². The van der Waals surface area contributed by atoms with Gasteiger partial charge in [-0.2, -0.15) is 0 Å². The number of anilines is 2. The molecule has 2 aromatic carbocycles. The highest BCUT2D eigenvalue weighted by atomic mass is 127. The normalized spacial score (nSPS) is 14.8. The Morgan fingerprint density at radius 1 is 1.23 bits per heavy atom. The van der Waals surface area contributed by atoms with Crippen LogP contribution in [-0.2, 0) is 4.84 Å². The average Bonchev–Trinajstić information content (AvgIpc) is 3.39. The second-order valence-electron chi connectivity index (χ2n) is 5.94. The van der Waals surface area contributed by atoms with Crippen molar-refractivity contribution in [3.63, 3.8) is 0 Å². The molecule has 2 aromatic rings. The van der Waals surface area contributed by atoms with Crippen molar-refractivity contribution in [3.8, 4) is 0 Å². The highest BCUT2D eigenvalue weighted by molar-refractivity contribution is 14.1. The minimum Gasteiger partial charge on any atom is -0.393 e. The third kappa shape index (κ3) is 4.33. The molecule has 0 unspecified atom stereocenters. The molecule has 1 amide bonds. The van der Waals surface area contributed by atoms with Crippen molar-refractivity contribution in [1.29, 1.82) is 0 Å². The first-order valence-electron chi connectivity index (χ1n) is 7.64. The van der Waals surface area contributed by atoms with Gasteiger partial charge in [-0.3, -0.25) is 9.63 Å². The molecule has 0 atom stereocenters. The second kappa shape index (κ2) is 7.75. The number of aliphatic hydroxyl groups excluding tert-OH is 1. The van der Waals surface area contributed by atoms with Gasteiger partial charge in [-0.15, -0.1) is 0 Å². The van der Waals surface area contributed by atoms with Crippen LogP contribution in [0.2, 0.25) is 0 Å². The van der Waals surface area contributed by atoms with Gasteiger partial charge in [0, 0.05) is 3.57 Å². The van der Waals surface area contributed by atoms with E-state index in [9.17, 15) is 18.7 Å². The van der Waals surface area contributed by atoms with Gasteiger partial charge in [0.05, 0.1) is 28.0 Å². The summed E-state index contributed by atoms with van der Waals surface area (Å²) in [7, 11) is 0. The minimum atomic E-state index is -0.747. The molecule has 138 valence electrons. The summed E-state index contributed by atoms with van der Waals surface area (Å²) in [4.78, 5) is 17.7. The third-order valence-electron chi connectivity index (χ3n) is 3.96. The number of nitrogens with one attached hydrogen (secondary N) is 2. The Balaban J connectivity index is 1.86. The van der Waals surface area contributed by atoms with Crippen LogP contribution in [-0.4, -0.2) is 23.2 Å². The monoisotopic (exact) mass is 538 g/mol. The smallest absolute Gasteiger partial charge is 0.277 e. The Bertz CT molecular complexity index is 862. The van der Waals surface area contributed by atoms with E-state index < -0.39 is 23.1 Å². The van der Waals surface area contributed by atoms with Crippen molar-refractivity contribution in [2.24, 2.45) is 0 Å². The minimum absolute atomic E-state index is 0.0602. The number of halogens is 4. The van der Waals surface area contributed by atoms with Crippen LogP contribution in [0.4, 0.5) is 20.2 Å². The van der Waals surface area contributed by atoms with E-state index in [4.69, 9.17) is 4.84 Å². The molecule has 0 aliphatic heterocycles. The van der Waals surface area contributed by atoms with Gasteiger partial charge in [0.25, 0.3) is 5.91 Å². The Hall–Kier alpha value is -1.30. The van der Waals surface area contributed by atoms with Crippen molar-refractivity contribution < 1.29 is 23.5 Å². The first kappa shape index (κ1) is 19.5. The van der Waals surface area contributed by atoms with Crippen LogP contribution >= 0.6 is 38.5 Å². The molecule has 1 fully saturated rings. The summed E-state index contributed by atoms with van der Waals surface area (Å²) in [5.74, 6) is -1.77. The maximum atomic E-state index is 14.1. The second-order valence-corrected chi connectivity index (χ2v) is 8.04. The van der Waals surface area contributed by atoms with Crippen molar-refractivity contribution >= 4 is 55.8 Å². The Morgan fingerprint density at radius 3 is 2.58 bits per heavy atom. The lowest BCUT2D eigenvalue weighted by atomic mass is 10.1. The van der Waals surface area contributed by atoms with Crippen LogP contribution in [0.5, 0.6) is 0 Å². The van der Waals surface area contributed by atoms with E-state index in [0.717, 1.165) is 6.07 Å². The largest absolute Gasteiger partial charge is 0.393 e. The summed E-state index contributed by atoms with van der Waals surface area (Å²) in [6.07, 6.45) is 1.27. The van der Waals surface area contributed by atoms with Crippen molar-refractivity contribution in [3.05, 3.63) is 55.6 Å².